The summed E-state index contributed by atoms with van der Waals surface area (Å²) in [6.07, 6.45) is 0. The van der Waals surface area contributed by atoms with Crippen molar-refractivity contribution in [2.75, 3.05) is 6.61 Å². The Labute approximate surface area is 235 Å². The van der Waals surface area contributed by atoms with Crippen LogP contribution in [0.4, 0.5) is 4.39 Å². The van der Waals surface area contributed by atoms with Crippen molar-refractivity contribution < 1.29 is 13.6 Å². The van der Waals surface area contributed by atoms with Gasteiger partial charge in [-0.3, -0.25) is 0 Å². The Kier molecular flexibility index (Phi) is 7.94. The molecule has 3 nitrogen and oxygen atoms in total. The van der Waals surface area contributed by atoms with Crippen LogP contribution in [0.3, 0.4) is 0 Å². The molecular formula is C31H37FINO2Si. The Morgan fingerprint density at radius 1 is 0.865 bits per heavy atom. The molecule has 37 heavy (non-hydrogen) atoms. The summed E-state index contributed by atoms with van der Waals surface area (Å²) in [6, 6.07) is 23.1. The number of fused-ring (bicyclic) bond motifs is 1. The Balaban J connectivity index is 1.84. The van der Waals surface area contributed by atoms with Gasteiger partial charge >= 0.3 is 0 Å². The number of hydrogen-bond donors (Lipinski definition) is 0. The van der Waals surface area contributed by atoms with Gasteiger partial charge in [0, 0.05) is 27.0 Å². The smallest absolute Gasteiger partial charge is 0.192 e. The zero-order valence-corrected chi connectivity index (χ0v) is 26.0. The average molecular weight is 630 g/mol. The van der Waals surface area contributed by atoms with Crippen LogP contribution in [0, 0.1) is 9.39 Å². The van der Waals surface area contributed by atoms with Crippen LogP contribution in [-0.4, -0.2) is 19.5 Å². The summed E-state index contributed by atoms with van der Waals surface area (Å²) < 4.78 is 30.4. The molecule has 4 rings (SSSR count). The quantitative estimate of drug-likeness (QED) is 0.143. The maximum Gasteiger partial charge on any atom is 0.192 e. The van der Waals surface area contributed by atoms with Crippen LogP contribution >= 0.6 is 22.6 Å². The van der Waals surface area contributed by atoms with Gasteiger partial charge in [-0.25, -0.2) is 4.39 Å². The molecule has 0 unspecified atom stereocenters. The largest absolute Gasteiger partial charge is 0.488 e. The summed E-state index contributed by atoms with van der Waals surface area (Å²) in [6.45, 7) is 16.9. The zero-order chi connectivity index (χ0) is 27.0. The fraction of sp³-hybridized carbons (Fsp3) is 0.355. The van der Waals surface area contributed by atoms with Crippen molar-refractivity contribution in [3.05, 3.63) is 93.4 Å². The van der Waals surface area contributed by atoms with Gasteiger partial charge in [0.2, 0.25) is 0 Å². The highest BCUT2D eigenvalue weighted by Crippen LogP contribution is 2.43. The highest BCUT2D eigenvalue weighted by Gasteiger charge is 2.40. The lowest BCUT2D eigenvalue weighted by Gasteiger charge is -2.39. The van der Waals surface area contributed by atoms with Gasteiger partial charge < -0.3 is 13.7 Å². The van der Waals surface area contributed by atoms with E-state index in [9.17, 15) is 4.39 Å². The molecule has 4 aromatic rings. The second kappa shape index (κ2) is 10.5. The third-order valence-corrected chi connectivity index (χ3v) is 13.0. The molecule has 0 atom stereocenters. The van der Waals surface area contributed by atoms with Crippen LogP contribution < -0.4 is 4.74 Å². The summed E-state index contributed by atoms with van der Waals surface area (Å²) in [5, 5.41) is 1.19. The summed E-state index contributed by atoms with van der Waals surface area (Å²) in [7, 11) is -1.96. The lowest BCUT2D eigenvalue weighted by atomic mass is 9.90. The Bertz CT molecular complexity index is 1370. The maximum absolute atomic E-state index is 13.9. The first kappa shape index (κ1) is 27.9. The summed E-state index contributed by atoms with van der Waals surface area (Å²) in [5.74, 6) is 0.595. The normalized spacial score (nSPS) is 12.8. The second-order valence-electron chi connectivity index (χ2n) is 11.8. The van der Waals surface area contributed by atoms with E-state index >= 15 is 0 Å². The minimum absolute atomic E-state index is 0.123. The van der Waals surface area contributed by atoms with Gasteiger partial charge in [0.25, 0.3) is 0 Å². The maximum atomic E-state index is 13.9. The standard InChI is InChI=1S/C31H37FINO2Si/c1-30(2,3)37(6,7)36-21-31(4,5)29-28(33)27-25(34(29)24-18-16-23(32)17-19-24)14-11-15-26(27)35-20-22-12-9-8-10-13-22/h8-19H,20-21H2,1-7H3. The molecule has 0 fully saturated rings. The van der Waals surface area contributed by atoms with Crippen LogP contribution in [-0.2, 0) is 16.4 Å². The fourth-order valence-electron chi connectivity index (χ4n) is 4.22. The van der Waals surface area contributed by atoms with E-state index in [1.807, 2.05) is 42.5 Å². The van der Waals surface area contributed by atoms with Crippen molar-refractivity contribution in [2.45, 2.75) is 64.8 Å². The molecular weight excluding hydrogens is 592 g/mol. The predicted octanol–water partition coefficient (Wildman–Crippen LogP) is 9.25. The molecule has 0 bridgehead atoms. The van der Waals surface area contributed by atoms with Crippen molar-refractivity contribution in [3.8, 4) is 11.4 Å². The van der Waals surface area contributed by atoms with E-state index in [1.54, 1.807) is 0 Å². The third-order valence-electron chi connectivity index (χ3n) is 7.46. The molecule has 0 N–H and O–H groups in total. The molecule has 1 heterocycles. The molecule has 0 saturated carbocycles. The number of halogens is 2. The van der Waals surface area contributed by atoms with E-state index < -0.39 is 8.32 Å². The first-order valence-corrected chi connectivity index (χ1v) is 16.7. The molecule has 0 spiro atoms. The predicted molar refractivity (Wildman–Crippen MR) is 163 cm³/mol. The van der Waals surface area contributed by atoms with Crippen molar-refractivity contribution in [2.24, 2.45) is 0 Å². The Morgan fingerprint density at radius 3 is 2.14 bits per heavy atom. The van der Waals surface area contributed by atoms with Gasteiger partial charge in [-0.1, -0.05) is 71.0 Å². The van der Waals surface area contributed by atoms with E-state index in [2.05, 4.69) is 93.1 Å². The van der Waals surface area contributed by atoms with Crippen LogP contribution in [0.15, 0.2) is 72.8 Å². The van der Waals surface area contributed by atoms with Crippen LogP contribution in [0.2, 0.25) is 18.1 Å². The highest BCUT2D eigenvalue weighted by atomic mass is 127. The third kappa shape index (κ3) is 5.81. The number of hydrogen-bond acceptors (Lipinski definition) is 2. The van der Waals surface area contributed by atoms with E-state index in [-0.39, 0.29) is 16.3 Å². The highest BCUT2D eigenvalue weighted by molar-refractivity contribution is 14.1. The molecule has 0 aliphatic rings. The summed E-state index contributed by atoms with van der Waals surface area (Å²) in [5.41, 5.74) is 3.91. The fourth-order valence-corrected chi connectivity index (χ4v) is 6.89. The van der Waals surface area contributed by atoms with Gasteiger partial charge in [0.05, 0.1) is 10.9 Å². The molecule has 0 aliphatic heterocycles. The van der Waals surface area contributed by atoms with Crippen molar-refractivity contribution in [3.63, 3.8) is 0 Å². The molecule has 3 aromatic carbocycles. The van der Waals surface area contributed by atoms with E-state index in [0.29, 0.717) is 13.2 Å². The monoisotopic (exact) mass is 629 g/mol. The molecule has 0 aliphatic carbocycles. The van der Waals surface area contributed by atoms with E-state index in [4.69, 9.17) is 9.16 Å². The van der Waals surface area contributed by atoms with Crippen LogP contribution in [0.1, 0.15) is 45.9 Å². The van der Waals surface area contributed by atoms with Crippen molar-refractivity contribution in [1.29, 1.82) is 0 Å². The molecule has 0 saturated heterocycles. The number of benzene rings is 3. The van der Waals surface area contributed by atoms with Gasteiger partial charge in [0.1, 0.15) is 18.2 Å². The molecule has 0 radical (unpaired) electrons. The molecule has 1 aromatic heterocycles. The van der Waals surface area contributed by atoms with E-state index in [1.165, 1.54) is 12.1 Å². The lowest BCUT2D eigenvalue weighted by Crippen LogP contribution is -2.44. The molecule has 0 amide bonds. The SMILES string of the molecule is CC(C)(CO[Si](C)(C)C(C)(C)C)c1c(I)c2c(OCc3ccccc3)cccc2n1-c1ccc(F)cc1. The number of ether oxygens (including phenoxy) is 1. The van der Waals surface area contributed by atoms with E-state index in [0.717, 1.165) is 37.2 Å². The molecule has 6 heteroatoms. The van der Waals surface area contributed by atoms with Gasteiger partial charge in [-0.05, 0) is 82.7 Å². The van der Waals surface area contributed by atoms with Crippen molar-refractivity contribution in [1.82, 2.24) is 4.57 Å². The van der Waals surface area contributed by atoms with Crippen LogP contribution in [0.5, 0.6) is 5.75 Å². The van der Waals surface area contributed by atoms with Gasteiger partial charge in [-0.2, -0.15) is 0 Å². The van der Waals surface area contributed by atoms with Gasteiger partial charge in [-0.15, -0.1) is 0 Å². The zero-order valence-electron chi connectivity index (χ0n) is 22.9. The Morgan fingerprint density at radius 2 is 1.51 bits per heavy atom. The summed E-state index contributed by atoms with van der Waals surface area (Å²) >= 11 is 2.46. The topological polar surface area (TPSA) is 23.4 Å². The Hall–Kier alpha value is -2.16. The lowest BCUT2D eigenvalue weighted by molar-refractivity contribution is 0.215. The first-order valence-electron chi connectivity index (χ1n) is 12.7. The van der Waals surface area contributed by atoms with Gasteiger partial charge in [0.15, 0.2) is 8.32 Å². The van der Waals surface area contributed by atoms with Crippen LogP contribution in [0.25, 0.3) is 16.6 Å². The molecule has 196 valence electrons. The minimum Gasteiger partial charge on any atom is -0.488 e. The average Bonchev–Trinajstić information content (AvgIpc) is 3.16. The van der Waals surface area contributed by atoms with Crippen molar-refractivity contribution >= 4 is 41.8 Å². The second-order valence-corrected chi connectivity index (χ2v) is 17.7. The summed E-state index contributed by atoms with van der Waals surface area (Å²) in [4.78, 5) is 0. The minimum atomic E-state index is -1.96. The number of nitrogens with zero attached hydrogens (tertiary/aromatic N) is 1. The number of rotatable bonds is 8. The first-order chi connectivity index (χ1) is 17.3. The number of aromatic nitrogens is 1.